The zero-order chi connectivity index (χ0) is 12.0. The van der Waals surface area contributed by atoms with E-state index in [1.54, 1.807) is 6.07 Å². The molecule has 1 aromatic carbocycles. The second kappa shape index (κ2) is 6.51. The third-order valence-corrected chi connectivity index (χ3v) is 2.75. The molecule has 0 fully saturated rings. The Hall–Kier alpha value is -1.06. The van der Waals surface area contributed by atoms with E-state index in [2.05, 4.69) is 17.1 Å². The molecular weight excluding hydrogens is 224 g/mol. The number of carbonyl (C=O) groups is 1. The number of benzene rings is 1. The first kappa shape index (κ1) is 13.0. The molecule has 0 unspecified atom stereocenters. The second-order valence-electron chi connectivity index (χ2n) is 3.60. The number of carbonyl (C=O) groups excluding carboxylic acids is 1. The summed E-state index contributed by atoms with van der Waals surface area (Å²) in [7, 11) is 2.00. The van der Waals surface area contributed by atoms with Crippen LogP contribution in [0, 0.1) is 0 Å². The number of likely N-dealkylation sites (N-methyl/N-ethyl adjacent to an activating group) is 2. The minimum atomic E-state index is 0.503. The summed E-state index contributed by atoms with van der Waals surface area (Å²) in [5.41, 5.74) is 1.55. The molecule has 0 saturated carbocycles. The average Bonchev–Trinajstić information content (AvgIpc) is 2.29. The molecule has 1 N–H and O–H groups in total. The van der Waals surface area contributed by atoms with Crippen molar-refractivity contribution in [2.45, 2.75) is 6.92 Å². The average molecular weight is 241 g/mol. The lowest BCUT2D eigenvalue weighted by Crippen LogP contribution is -2.28. The molecule has 16 heavy (non-hydrogen) atoms. The highest BCUT2D eigenvalue weighted by Gasteiger charge is 2.04. The van der Waals surface area contributed by atoms with Gasteiger partial charge in [-0.2, -0.15) is 0 Å². The van der Waals surface area contributed by atoms with Crippen molar-refractivity contribution < 1.29 is 4.79 Å². The Bertz CT molecular complexity index is 355. The van der Waals surface area contributed by atoms with E-state index in [1.165, 1.54) is 0 Å². The van der Waals surface area contributed by atoms with Crippen molar-refractivity contribution >= 4 is 23.6 Å². The van der Waals surface area contributed by atoms with Gasteiger partial charge in [-0.25, -0.2) is 0 Å². The zero-order valence-corrected chi connectivity index (χ0v) is 10.4. The number of rotatable bonds is 6. The van der Waals surface area contributed by atoms with Crippen molar-refractivity contribution in [3.8, 4) is 0 Å². The first-order chi connectivity index (χ1) is 7.69. The van der Waals surface area contributed by atoms with E-state index >= 15 is 0 Å². The highest BCUT2D eigenvalue weighted by Crippen LogP contribution is 2.21. The van der Waals surface area contributed by atoms with Gasteiger partial charge in [0.05, 0.1) is 5.02 Å². The van der Waals surface area contributed by atoms with Gasteiger partial charge in [0.25, 0.3) is 0 Å². The molecule has 0 saturated heterocycles. The Kier molecular flexibility index (Phi) is 5.29. The van der Waals surface area contributed by atoms with E-state index in [4.69, 9.17) is 11.6 Å². The number of anilines is 1. The molecular formula is C12H17ClN2O. The summed E-state index contributed by atoms with van der Waals surface area (Å²) in [6.07, 6.45) is 0.769. The minimum Gasteiger partial charge on any atom is -0.373 e. The van der Waals surface area contributed by atoms with Crippen LogP contribution in [0.5, 0.6) is 0 Å². The van der Waals surface area contributed by atoms with Crippen LogP contribution >= 0.6 is 11.6 Å². The predicted octanol–water partition coefficient (Wildman–Crippen LogP) is 2.20. The Morgan fingerprint density at radius 1 is 1.50 bits per heavy atom. The van der Waals surface area contributed by atoms with Crippen molar-refractivity contribution in [1.29, 1.82) is 0 Å². The zero-order valence-electron chi connectivity index (χ0n) is 9.66. The van der Waals surface area contributed by atoms with Crippen LogP contribution in [0.3, 0.4) is 0 Å². The molecule has 0 amide bonds. The van der Waals surface area contributed by atoms with Crippen molar-refractivity contribution in [1.82, 2.24) is 5.32 Å². The first-order valence-corrected chi connectivity index (χ1v) is 5.73. The molecule has 1 aromatic rings. The number of halogens is 1. The van der Waals surface area contributed by atoms with E-state index in [9.17, 15) is 4.79 Å². The van der Waals surface area contributed by atoms with Gasteiger partial charge >= 0.3 is 0 Å². The summed E-state index contributed by atoms with van der Waals surface area (Å²) in [4.78, 5) is 12.7. The van der Waals surface area contributed by atoms with Gasteiger partial charge in [-0.15, -0.1) is 0 Å². The molecule has 0 aliphatic carbocycles. The van der Waals surface area contributed by atoms with Gasteiger partial charge in [0.2, 0.25) is 0 Å². The van der Waals surface area contributed by atoms with Crippen LogP contribution in [0.4, 0.5) is 5.69 Å². The monoisotopic (exact) mass is 240 g/mol. The van der Waals surface area contributed by atoms with Crippen molar-refractivity contribution in [3.63, 3.8) is 0 Å². The molecule has 0 aliphatic heterocycles. The van der Waals surface area contributed by atoms with E-state index in [1.807, 2.05) is 19.2 Å². The van der Waals surface area contributed by atoms with Crippen LogP contribution in [0.15, 0.2) is 18.2 Å². The quantitative estimate of drug-likeness (QED) is 0.611. The third-order valence-electron chi connectivity index (χ3n) is 2.43. The fourth-order valence-corrected chi connectivity index (χ4v) is 1.62. The molecule has 0 atom stereocenters. The standard InChI is InChI=1S/C12H17ClN2O/c1-3-14-6-7-15(2)11-5-4-10(9-16)12(13)8-11/h4-5,8-9,14H,3,6-7H2,1-2H3. The van der Waals surface area contributed by atoms with Crippen molar-refractivity contribution in [2.75, 3.05) is 31.6 Å². The van der Waals surface area contributed by atoms with Crippen LogP contribution in [0.2, 0.25) is 5.02 Å². The van der Waals surface area contributed by atoms with E-state index < -0.39 is 0 Å². The SMILES string of the molecule is CCNCCN(C)c1ccc(C=O)c(Cl)c1. The highest BCUT2D eigenvalue weighted by atomic mass is 35.5. The van der Waals surface area contributed by atoms with Gasteiger partial charge in [0.15, 0.2) is 6.29 Å². The maximum Gasteiger partial charge on any atom is 0.151 e. The summed E-state index contributed by atoms with van der Waals surface area (Å²) >= 11 is 5.96. The maximum absolute atomic E-state index is 10.6. The lowest BCUT2D eigenvalue weighted by molar-refractivity contribution is 0.112. The van der Waals surface area contributed by atoms with Gasteiger partial charge < -0.3 is 10.2 Å². The summed E-state index contributed by atoms with van der Waals surface area (Å²) in [6, 6.07) is 5.47. The van der Waals surface area contributed by atoms with Gasteiger partial charge in [-0.3, -0.25) is 4.79 Å². The molecule has 0 aromatic heterocycles. The fourth-order valence-electron chi connectivity index (χ4n) is 1.40. The Balaban J connectivity index is 2.65. The van der Waals surface area contributed by atoms with E-state index in [-0.39, 0.29) is 0 Å². The first-order valence-electron chi connectivity index (χ1n) is 5.35. The van der Waals surface area contributed by atoms with Crippen molar-refractivity contribution in [3.05, 3.63) is 28.8 Å². The summed E-state index contributed by atoms with van der Waals surface area (Å²) in [5.74, 6) is 0. The summed E-state index contributed by atoms with van der Waals surface area (Å²) < 4.78 is 0. The van der Waals surface area contributed by atoms with E-state index in [0.717, 1.165) is 31.6 Å². The smallest absolute Gasteiger partial charge is 0.151 e. The summed E-state index contributed by atoms with van der Waals surface area (Å²) in [5, 5.41) is 3.76. The van der Waals surface area contributed by atoms with E-state index in [0.29, 0.717) is 10.6 Å². The minimum absolute atomic E-state index is 0.503. The van der Waals surface area contributed by atoms with Gasteiger partial charge in [-0.1, -0.05) is 18.5 Å². The topological polar surface area (TPSA) is 32.3 Å². The molecule has 0 spiro atoms. The molecule has 1 rings (SSSR count). The number of aldehydes is 1. The third kappa shape index (κ3) is 3.51. The highest BCUT2D eigenvalue weighted by molar-refractivity contribution is 6.33. The van der Waals surface area contributed by atoms with Crippen LogP contribution in [-0.2, 0) is 0 Å². The number of nitrogens with one attached hydrogen (secondary N) is 1. The van der Waals surface area contributed by atoms with Gasteiger partial charge in [0, 0.05) is 31.4 Å². The van der Waals surface area contributed by atoms with Gasteiger partial charge in [0.1, 0.15) is 0 Å². The van der Waals surface area contributed by atoms with Crippen LogP contribution in [0.25, 0.3) is 0 Å². The molecule has 0 aliphatic rings. The Morgan fingerprint density at radius 3 is 2.81 bits per heavy atom. The molecule has 3 nitrogen and oxygen atoms in total. The Morgan fingerprint density at radius 2 is 2.25 bits per heavy atom. The molecule has 0 heterocycles. The molecule has 4 heteroatoms. The maximum atomic E-state index is 10.6. The lowest BCUT2D eigenvalue weighted by atomic mass is 10.2. The molecule has 0 bridgehead atoms. The van der Waals surface area contributed by atoms with Crippen LogP contribution in [0.1, 0.15) is 17.3 Å². The van der Waals surface area contributed by atoms with Crippen LogP contribution in [-0.4, -0.2) is 33.0 Å². The number of hydrogen-bond donors (Lipinski definition) is 1. The predicted molar refractivity (Wildman–Crippen MR) is 68.7 cm³/mol. The normalized spacial score (nSPS) is 10.2. The van der Waals surface area contributed by atoms with Crippen molar-refractivity contribution in [2.24, 2.45) is 0 Å². The fraction of sp³-hybridized carbons (Fsp3) is 0.417. The number of nitrogens with zero attached hydrogens (tertiary/aromatic N) is 1. The van der Waals surface area contributed by atoms with Gasteiger partial charge in [-0.05, 0) is 24.7 Å². The molecule has 88 valence electrons. The molecule has 0 radical (unpaired) electrons. The largest absolute Gasteiger partial charge is 0.373 e. The Labute approximate surface area is 101 Å². The lowest BCUT2D eigenvalue weighted by Gasteiger charge is -2.19. The van der Waals surface area contributed by atoms with Crippen LogP contribution < -0.4 is 10.2 Å². The second-order valence-corrected chi connectivity index (χ2v) is 4.01. The summed E-state index contributed by atoms with van der Waals surface area (Å²) in [6.45, 7) is 4.89. The number of hydrogen-bond acceptors (Lipinski definition) is 3.